The molecule has 5 rings (SSSR count). The maximum absolute atomic E-state index is 14.2. The lowest BCUT2D eigenvalue weighted by Gasteiger charge is -2.27. The van der Waals surface area contributed by atoms with E-state index in [-0.39, 0.29) is 37.9 Å². The number of alkyl carbamates (subject to hydrolysis) is 1. The van der Waals surface area contributed by atoms with Crippen LogP contribution >= 0.6 is 0 Å². The van der Waals surface area contributed by atoms with Gasteiger partial charge in [-0.25, -0.2) is 4.79 Å². The second-order valence-electron chi connectivity index (χ2n) is 20.6. The zero-order valence-electron chi connectivity index (χ0n) is 46.3. The maximum atomic E-state index is 14.2. The minimum atomic E-state index is -1.81. The third-order valence-corrected chi connectivity index (χ3v) is 12.7. The number of aromatic hydroxyl groups is 1. The number of para-hydroxylation sites is 1. The Morgan fingerprint density at radius 1 is 0.573 bits per heavy atom. The van der Waals surface area contributed by atoms with Crippen molar-refractivity contribution < 1.29 is 62.9 Å². The maximum Gasteiger partial charge on any atom is 0.408 e. The van der Waals surface area contributed by atoms with Gasteiger partial charge in [0, 0.05) is 36.4 Å². The van der Waals surface area contributed by atoms with Crippen LogP contribution in [0.1, 0.15) is 82.6 Å². The van der Waals surface area contributed by atoms with E-state index in [1.807, 2.05) is 31.2 Å². The number of fused-ring (bicyclic) bond motifs is 1. The summed E-state index contributed by atoms with van der Waals surface area (Å²) in [7, 11) is 0. The highest BCUT2D eigenvalue weighted by molar-refractivity contribution is 5.98. The van der Waals surface area contributed by atoms with Crippen molar-refractivity contribution in [2.45, 2.75) is 134 Å². The third kappa shape index (κ3) is 21.1. The molecule has 0 saturated carbocycles. The lowest BCUT2D eigenvalue weighted by atomic mass is 10.0. The third-order valence-electron chi connectivity index (χ3n) is 12.7. The number of nitrogens with one attached hydrogen (secondary N) is 10. The first-order valence-electron chi connectivity index (χ1n) is 26.7. The molecular weight excluding hydrogens is 1060 g/mol. The number of hydrogen-bond acceptors (Lipinski definition) is 13. The van der Waals surface area contributed by atoms with Gasteiger partial charge in [0.2, 0.25) is 35.4 Å². The number of carbonyl (C=O) groups excluding carboxylic acids is 9. The van der Waals surface area contributed by atoms with Gasteiger partial charge in [-0.05, 0) is 81.0 Å². The summed E-state index contributed by atoms with van der Waals surface area (Å²) in [6.45, 7) is 7.56. The van der Waals surface area contributed by atoms with Gasteiger partial charge in [-0.15, -0.1) is 0 Å². The number of amides is 9. The van der Waals surface area contributed by atoms with E-state index in [9.17, 15) is 58.2 Å². The van der Waals surface area contributed by atoms with Gasteiger partial charge in [0.1, 0.15) is 47.6 Å². The fourth-order valence-electron chi connectivity index (χ4n) is 8.40. The molecule has 7 atom stereocenters. The number of nitrogens with two attached hydrogens (primary N) is 1. The van der Waals surface area contributed by atoms with Gasteiger partial charge in [-0.2, -0.15) is 0 Å². The Morgan fingerprint density at radius 3 is 1.67 bits per heavy atom. The van der Waals surface area contributed by atoms with E-state index in [0.29, 0.717) is 35.1 Å². The highest BCUT2D eigenvalue weighted by Crippen LogP contribution is 2.20. The molecule has 0 aliphatic heterocycles. The summed E-state index contributed by atoms with van der Waals surface area (Å²) < 4.78 is 5.45. The molecule has 14 N–H and O–H groups in total. The van der Waals surface area contributed by atoms with E-state index >= 15 is 0 Å². The SMILES string of the molecule is CCCC[C@H](NC(=O)[C@@H](Cc1c[nH]c2ccccc12)NC(=O)OC(C)(C)C)C(=O)N[C@@H](CC(=O)O)C(=O)N[C@@H](Cc1ccccc1)C(=O)NNC(=O)[C@H](Cc1ccccc1)NC(=O)CNC(=O)[C@@H](C)NC(=O)[C@@H](N)Cc1ccc(O)cc1. The lowest BCUT2D eigenvalue weighted by Crippen LogP contribution is -2.61. The predicted molar refractivity (Wildman–Crippen MR) is 302 cm³/mol. The highest BCUT2D eigenvalue weighted by atomic mass is 16.6. The lowest BCUT2D eigenvalue weighted by molar-refractivity contribution is -0.141. The average Bonchev–Trinajstić information content (AvgIpc) is 4.11. The molecule has 0 aliphatic rings. The number of aliphatic carboxylic acids is 1. The number of ether oxygens (including phenoxy) is 1. The molecule has 438 valence electrons. The van der Waals surface area contributed by atoms with E-state index in [1.165, 1.54) is 19.1 Å². The molecular formula is C58H73N11O13. The molecule has 0 aliphatic carbocycles. The van der Waals surface area contributed by atoms with Gasteiger partial charge in [-0.3, -0.25) is 54.0 Å². The molecule has 24 nitrogen and oxygen atoms in total. The zero-order valence-corrected chi connectivity index (χ0v) is 46.3. The number of H-pyrrole nitrogens is 1. The average molecular weight is 1130 g/mol. The van der Waals surface area contributed by atoms with E-state index in [0.717, 1.165) is 10.9 Å². The number of aromatic amines is 1. The van der Waals surface area contributed by atoms with Gasteiger partial charge < -0.3 is 62.9 Å². The Bertz CT molecular complexity index is 3000. The summed E-state index contributed by atoms with van der Waals surface area (Å²) in [5.41, 5.74) is 12.9. The summed E-state index contributed by atoms with van der Waals surface area (Å²) in [5, 5.41) is 38.0. The summed E-state index contributed by atoms with van der Waals surface area (Å²) >= 11 is 0. The van der Waals surface area contributed by atoms with E-state index in [2.05, 4.69) is 53.1 Å². The van der Waals surface area contributed by atoms with Crippen molar-refractivity contribution in [1.29, 1.82) is 0 Å². The van der Waals surface area contributed by atoms with Gasteiger partial charge >= 0.3 is 12.1 Å². The van der Waals surface area contributed by atoms with Crippen LogP contribution in [-0.2, 0) is 73.6 Å². The van der Waals surface area contributed by atoms with Crippen LogP contribution in [0.15, 0.2) is 115 Å². The molecule has 0 radical (unpaired) electrons. The number of benzene rings is 4. The van der Waals surface area contributed by atoms with Crippen LogP contribution < -0.4 is 53.8 Å². The van der Waals surface area contributed by atoms with Crippen LogP contribution in [0.25, 0.3) is 10.9 Å². The Hall–Kier alpha value is -9.32. The smallest absolute Gasteiger partial charge is 0.408 e. The monoisotopic (exact) mass is 1130 g/mol. The molecule has 24 heteroatoms. The van der Waals surface area contributed by atoms with Gasteiger partial charge in [0.15, 0.2) is 0 Å². The quantitative estimate of drug-likeness (QED) is 0.0318. The molecule has 4 aromatic carbocycles. The molecule has 9 amide bonds. The molecule has 1 heterocycles. The number of carboxylic acids is 1. The number of phenolic OH excluding ortho intramolecular Hbond substituents is 1. The number of carbonyl (C=O) groups is 10. The van der Waals surface area contributed by atoms with Gasteiger partial charge in [-0.1, -0.05) is 111 Å². The van der Waals surface area contributed by atoms with Crippen LogP contribution in [-0.4, -0.2) is 129 Å². The van der Waals surface area contributed by atoms with Crippen LogP contribution in [0.4, 0.5) is 4.79 Å². The van der Waals surface area contributed by atoms with E-state index in [4.69, 9.17) is 10.5 Å². The highest BCUT2D eigenvalue weighted by Gasteiger charge is 2.34. The minimum Gasteiger partial charge on any atom is -0.508 e. The Balaban J connectivity index is 1.27. The molecule has 82 heavy (non-hydrogen) atoms. The number of hydrogen-bond donors (Lipinski definition) is 13. The van der Waals surface area contributed by atoms with Crippen LogP contribution in [0.3, 0.4) is 0 Å². The molecule has 0 spiro atoms. The van der Waals surface area contributed by atoms with Crippen LogP contribution in [0.5, 0.6) is 5.75 Å². The van der Waals surface area contributed by atoms with Crippen molar-refractivity contribution in [3.8, 4) is 5.75 Å². The van der Waals surface area contributed by atoms with Crippen molar-refractivity contribution in [3.05, 3.63) is 138 Å². The number of aromatic nitrogens is 1. The first-order valence-corrected chi connectivity index (χ1v) is 26.7. The Labute approximate surface area is 474 Å². The Kier molecular flexibility index (Phi) is 23.9. The van der Waals surface area contributed by atoms with Crippen molar-refractivity contribution >= 4 is 70.2 Å². The number of unbranched alkanes of at least 4 members (excludes halogenated alkanes) is 1. The minimum absolute atomic E-state index is 0.0280. The van der Waals surface area contributed by atoms with Gasteiger partial charge in [0.25, 0.3) is 11.8 Å². The Morgan fingerprint density at radius 2 is 1.09 bits per heavy atom. The van der Waals surface area contributed by atoms with Crippen molar-refractivity contribution in [1.82, 2.24) is 53.1 Å². The van der Waals surface area contributed by atoms with Crippen molar-refractivity contribution in [2.24, 2.45) is 5.73 Å². The fourth-order valence-corrected chi connectivity index (χ4v) is 8.40. The summed E-state index contributed by atoms with van der Waals surface area (Å²) in [6, 6.07) is 20.8. The molecule has 0 bridgehead atoms. The largest absolute Gasteiger partial charge is 0.508 e. The summed E-state index contributed by atoms with van der Waals surface area (Å²) in [6.07, 6.45) is 0.641. The molecule has 0 saturated heterocycles. The van der Waals surface area contributed by atoms with Gasteiger partial charge in [0.05, 0.1) is 19.0 Å². The normalized spacial score (nSPS) is 13.7. The number of rotatable bonds is 28. The number of hydrazine groups is 1. The zero-order chi connectivity index (χ0) is 59.9. The first-order chi connectivity index (χ1) is 39.0. The fraction of sp³-hybridized carbons (Fsp3) is 0.379. The second kappa shape index (κ2) is 30.9. The second-order valence-corrected chi connectivity index (χ2v) is 20.6. The standard InChI is InChI=1S/C58H73N11O13/c1-6-7-21-43(64-53(77)46(67-57(81)82-58(3,4)5)30-38-32-60-42-22-15-14-20-40(38)42)52(76)66-47(31-49(72)73)54(78)65-45(29-36-18-12-9-13-19-36)56(80)69-68-55(79)44(28-35-16-10-8-11-17-35)63-48(71)33-61-50(74)34(2)62-51(75)41(59)27-37-23-25-39(70)26-24-37/h8-20,22-26,32,34,41,43-47,60,70H,6-7,21,27-31,33,59H2,1-5H3,(H,61,74)(H,62,75)(H,63,71)(H,64,77)(H,65,78)(H,66,76)(H,67,81)(H,68,79)(H,69,80)(H,72,73)/t34-,41+,43+,44+,45+,46-,47+/m1/s1. The van der Waals surface area contributed by atoms with Crippen molar-refractivity contribution in [2.75, 3.05) is 6.54 Å². The molecule has 5 aromatic rings. The molecule has 1 aromatic heterocycles. The first kappa shape index (κ1) is 63.5. The van der Waals surface area contributed by atoms with Crippen LogP contribution in [0.2, 0.25) is 0 Å². The van der Waals surface area contributed by atoms with E-state index in [1.54, 1.807) is 99.8 Å². The molecule has 0 unspecified atom stereocenters. The summed E-state index contributed by atoms with van der Waals surface area (Å²) in [4.78, 5) is 138. The van der Waals surface area contributed by atoms with Crippen LogP contribution in [0, 0.1) is 0 Å². The topological polar surface area (TPSA) is 370 Å². The summed E-state index contributed by atoms with van der Waals surface area (Å²) in [5.74, 6) is -8.40. The number of phenols is 1. The van der Waals surface area contributed by atoms with E-state index < -0.39 is 120 Å². The van der Waals surface area contributed by atoms with Crippen molar-refractivity contribution in [3.63, 3.8) is 0 Å². The molecule has 0 fully saturated rings. The predicted octanol–water partition coefficient (Wildman–Crippen LogP) is 1.74. The number of carboxylic acid groups (broad SMARTS) is 1.